The minimum absolute atomic E-state index is 0.0676. The fourth-order valence-electron chi connectivity index (χ4n) is 3.86. The van der Waals surface area contributed by atoms with Gasteiger partial charge >= 0.3 is 0 Å². The van der Waals surface area contributed by atoms with E-state index in [-0.39, 0.29) is 17.9 Å². The molecule has 0 bridgehead atoms. The van der Waals surface area contributed by atoms with Crippen molar-refractivity contribution in [3.63, 3.8) is 0 Å². The Kier molecular flexibility index (Phi) is 5.60. The number of para-hydroxylation sites is 2. The molecule has 150 valence electrons. The molecule has 1 amide bonds. The lowest BCUT2D eigenvalue weighted by molar-refractivity contribution is -0.121. The first-order valence-corrected chi connectivity index (χ1v) is 10.2. The van der Waals surface area contributed by atoms with E-state index in [1.54, 1.807) is 4.57 Å². The number of nitrogens with zero attached hydrogens (tertiary/aromatic N) is 3. The molecule has 29 heavy (non-hydrogen) atoms. The van der Waals surface area contributed by atoms with Crippen LogP contribution in [0.25, 0.3) is 11.0 Å². The number of amides is 1. The number of benzene rings is 2. The van der Waals surface area contributed by atoms with Gasteiger partial charge in [0.15, 0.2) is 5.82 Å². The van der Waals surface area contributed by atoms with E-state index >= 15 is 0 Å². The van der Waals surface area contributed by atoms with Crippen molar-refractivity contribution < 1.29 is 4.79 Å². The summed E-state index contributed by atoms with van der Waals surface area (Å²) in [6.07, 6.45) is 2.41. The third kappa shape index (κ3) is 4.31. The zero-order chi connectivity index (χ0) is 20.2. The first kappa shape index (κ1) is 19.2. The van der Waals surface area contributed by atoms with Crippen LogP contribution in [0.3, 0.4) is 0 Å². The highest BCUT2D eigenvalue weighted by Gasteiger charge is 2.20. The van der Waals surface area contributed by atoms with Crippen LogP contribution in [0.4, 0.5) is 5.82 Å². The number of hydrogen-bond donors (Lipinski definition) is 1. The third-order valence-electron chi connectivity index (χ3n) is 5.38. The molecule has 2 aromatic carbocycles. The predicted octanol–water partition coefficient (Wildman–Crippen LogP) is 3.01. The molecule has 0 unspecified atom stereocenters. The number of carbonyl (C=O) groups is 1. The standard InChI is InChI=1S/C23H26N4O2/c1-17-7-6-8-18(15-17)16-24-21(28)11-14-27-20-10-3-2-9-19(20)25-22(23(27)29)26-12-4-5-13-26/h2-3,6-10,15H,4-5,11-14,16H2,1H3,(H,24,28). The molecule has 4 rings (SSSR count). The average molecular weight is 390 g/mol. The van der Waals surface area contributed by atoms with E-state index in [1.165, 1.54) is 5.56 Å². The van der Waals surface area contributed by atoms with Crippen LogP contribution in [0, 0.1) is 6.92 Å². The molecule has 1 aliphatic rings. The summed E-state index contributed by atoms with van der Waals surface area (Å²) >= 11 is 0. The van der Waals surface area contributed by atoms with E-state index in [9.17, 15) is 9.59 Å². The van der Waals surface area contributed by atoms with Crippen molar-refractivity contribution in [2.75, 3.05) is 18.0 Å². The van der Waals surface area contributed by atoms with Gasteiger partial charge in [0.2, 0.25) is 5.91 Å². The highest BCUT2D eigenvalue weighted by molar-refractivity contribution is 5.78. The smallest absolute Gasteiger partial charge is 0.294 e. The molecular weight excluding hydrogens is 364 g/mol. The van der Waals surface area contributed by atoms with Crippen molar-refractivity contribution in [3.05, 3.63) is 70.0 Å². The molecule has 1 aromatic heterocycles. The number of aromatic nitrogens is 2. The van der Waals surface area contributed by atoms with Crippen LogP contribution in [-0.4, -0.2) is 28.5 Å². The number of rotatable bonds is 6. The number of aryl methyl sites for hydroxylation is 2. The van der Waals surface area contributed by atoms with Crippen LogP contribution in [-0.2, 0) is 17.9 Å². The number of hydrogen-bond acceptors (Lipinski definition) is 4. The van der Waals surface area contributed by atoms with Crippen LogP contribution < -0.4 is 15.8 Å². The highest BCUT2D eigenvalue weighted by Crippen LogP contribution is 2.18. The van der Waals surface area contributed by atoms with Gasteiger partial charge in [0.25, 0.3) is 5.56 Å². The SMILES string of the molecule is Cc1cccc(CNC(=O)CCn2c(=O)c(N3CCCC3)nc3ccccc32)c1. The van der Waals surface area contributed by atoms with Gasteiger partial charge in [-0.05, 0) is 37.5 Å². The lowest BCUT2D eigenvalue weighted by Gasteiger charge is -2.19. The molecule has 3 aromatic rings. The molecule has 0 saturated carbocycles. The molecule has 1 fully saturated rings. The lowest BCUT2D eigenvalue weighted by atomic mass is 10.1. The van der Waals surface area contributed by atoms with Crippen LogP contribution in [0.2, 0.25) is 0 Å². The Bertz CT molecular complexity index is 1080. The van der Waals surface area contributed by atoms with E-state index in [2.05, 4.69) is 21.3 Å². The Morgan fingerprint density at radius 3 is 2.69 bits per heavy atom. The quantitative estimate of drug-likeness (QED) is 0.703. The maximum atomic E-state index is 13.1. The van der Waals surface area contributed by atoms with E-state index in [0.29, 0.717) is 18.9 Å². The van der Waals surface area contributed by atoms with Crippen LogP contribution in [0.5, 0.6) is 0 Å². The fraction of sp³-hybridized carbons (Fsp3) is 0.348. The highest BCUT2D eigenvalue weighted by atomic mass is 16.2. The first-order chi connectivity index (χ1) is 14.1. The molecule has 1 aliphatic heterocycles. The van der Waals surface area contributed by atoms with E-state index in [4.69, 9.17) is 0 Å². The van der Waals surface area contributed by atoms with Gasteiger partial charge < -0.3 is 14.8 Å². The molecule has 1 saturated heterocycles. The Balaban J connectivity index is 1.51. The second-order valence-corrected chi connectivity index (χ2v) is 7.59. The van der Waals surface area contributed by atoms with Gasteiger partial charge in [0, 0.05) is 32.6 Å². The lowest BCUT2D eigenvalue weighted by Crippen LogP contribution is -2.33. The second kappa shape index (κ2) is 8.47. The van der Waals surface area contributed by atoms with Crippen molar-refractivity contribution in [2.24, 2.45) is 0 Å². The number of nitrogens with one attached hydrogen (secondary N) is 1. The minimum atomic E-state index is -0.114. The van der Waals surface area contributed by atoms with Crippen LogP contribution in [0.15, 0.2) is 53.3 Å². The van der Waals surface area contributed by atoms with Crippen molar-refractivity contribution in [1.82, 2.24) is 14.9 Å². The predicted molar refractivity (Wildman–Crippen MR) is 115 cm³/mol. The summed E-state index contributed by atoms with van der Waals surface area (Å²) in [4.78, 5) is 32.2. The zero-order valence-electron chi connectivity index (χ0n) is 16.7. The van der Waals surface area contributed by atoms with Gasteiger partial charge in [0.05, 0.1) is 11.0 Å². The number of fused-ring (bicyclic) bond motifs is 1. The minimum Gasteiger partial charge on any atom is -0.352 e. The van der Waals surface area contributed by atoms with Gasteiger partial charge in [-0.2, -0.15) is 0 Å². The van der Waals surface area contributed by atoms with Crippen molar-refractivity contribution in [1.29, 1.82) is 0 Å². The van der Waals surface area contributed by atoms with Gasteiger partial charge in [-0.1, -0.05) is 42.0 Å². The third-order valence-corrected chi connectivity index (χ3v) is 5.38. The summed E-state index contributed by atoms with van der Waals surface area (Å²) in [7, 11) is 0. The molecule has 1 N–H and O–H groups in total. The topological polar surface area (TPSA) is 67.2 Å². The molecule has 0 aliphatic carbocycles. The van der Waals surface area contributed by atoms with E-state index in [0.717, 1.165) is 42.5 Å². The Labute approximate surface area is 170 Å². The fourth-order valence-corrected chi connectivity index (χ4v) is 3.86. The maximum absolute atomic E-state index is 13.1. The largest absolute Gasteiger partial charge is 0.352 e. The van der Waals surface area contributed by atoms with Crippen molar-refractivity contribution >= 4 is 22.8 Å². The molecule has 2 heterocycles. The van der Waals surface area contributed by atoms with Gasteiger partial charge in [-0.3, -0.25) is 9.59 Å². The van der Waals surface area contributed by atoms with Crippen molar-refractivity contribution in [3.8, 4) is 0 Å². The molecule has 0 atom stereocenters. The summed E-state index contributed by atoms with van der Waals surface area (Å²) in [5.74, 6) is 0.434. The Morgan fingerprint density at radius 2 is 1.90 bits per heavy atom. The van der Waals surface area contributed by atoms with E-state index < -0.39 is 0 Å². The number of anilines is 1. The second-order valence-electron chi connectivity index (χ2n) is 7.59. The normalized spacial score (nSPS) is 13.8. The Hall–Kier alpha value is -3.15. The van der Waals surface area contributed by atoms with E-state index in [1.807, 2.05) is 49.4 Å². The molecule has 0 spiro atoms. The average Bonchev–Trinajstić information content (AvgIpc) is 3.26. The van der Waals surface area contributed by atoms with Crippen molar-refractivity contribution in [2.45, 2.75) is 39.3 Å². The summed E-state index contributed by atoms with van der Waals surface area (Å²) < 4.78 is 1.70. The monoisotopic (exact) mass is 390 g/mol. The summed E-state index contributed by atoms with van der Waals surface area (Å²) in [5.41, 5.74) is 3.68. The summed E-state index contributed by atoms with van der Waals surface area (Å²) in [6, 6.07) is 15.7. The van der Waals surface area contributed by atoms with Crippen LogP contribution >= 0.6 is 0 Å². The Morgan fingerprint density at radius 1 is 1.10 bits per heavy atom. The molecule has 6 nitrogen and oxygen atoms in total. The summed E-state index contributed by atoms with van der Waals surface area (Å²) in [6.45, 7) is 4.58. The molecule has 6 heteroatoms. The van der Waals surface area contributed by atoms with Gasteiger partial charge in [-0.15, -0.1) is 0 Å². The van der Waals surface area contributed by atoms with Crippen LogP contribution in [0.1, 0.15) is 30.4 Å². The molecule has 0 radical (unpaired) electrons. The van der Waals surface area contributed by atoms with Gasteiger partial charge in [0.1, 0.15) is 0 Å². The zero-order valence-corrected chi connectivity index (χ0v) is 16.7. The maximum Gasteiger partial charge on any atom is 0.294 e. The molecular formula is C23H26N4O2. The first-order valence-electron chi connectivity index (χ1n) is 10.2. The summed E-state index contributed by atoms with van der Waals surface area (Å²) in [5, 5.41) is 2.95. The van der Waals surface area contributed by atoms with Gasteiger partial charge in [-0.25, -0.2) is 4.98 Å². The number of carbonyl (C=O) groups excluding carboxylic acids is 1.